The summed E-state index contributed by atoms with van der Waals surface area (Å²) in [7, 11) is 1.95. The number of aliphatic imine (C=N–C) groups is 1. The number of nitrogens with zero attached hydrogens (tertiary/aromatic N) is 4. The van der Waals surface area contributed by atoms with Crippen LogP contribution in [-0.4, -0.2) is 47.9 Å². The summed E-state index contributed by atoms with van der Waals surface area (Å²) in [5, 5.41) is 23.2. The first-order chi connectivity index (χ1) is 19.5. The number of thioether (sulfide) groups is 2. The number of hydrogen-bond donors (Lipinski definition) is 2. The van der Waals surface area contributed by atoms with Crippen molar-refractivity contribution in [3.05, 3.63) is 87.8 Å². The van der Waals surface area contributed by atoms with Gasteiger partial charge in [0, 0.05) is 37.6 Å². The number of amidine groups is 1. The number of aliphatic hydroxyl groups excluding tert-OH is 1. The lowest BCUT2D eigenvalue weighted by Gasteiger charge is -2.17. The van der Waals surface area contributed by atoms with Crippen LogP contribution in [0.25, 0.3) is 0 Å². The third-order valence-electron chi connectivity index (χ3n) is 6.33. The molecule has 40 heavy (non-hydrogen) atoms. The van der Waals surface area contributed by atoms with Crippen LogP contribution >= 0.6 is 23.5 Å². The van der Waals surface area contributed by atoms with Crippen LogP contribution in [0.2, 0.25) is 0 Å². The number of aliphatic hydroxyl groups is 1. The Morgan fingerprint density at radius 3 is 2.67 bits per heavy atom. The number of anilines is 2. The summed E-state index contributed by atoms with van der Waals surface area (Å²) in [6.45, 7) is 3.59. The van der Waals surface area contributed by atoms with Gasteiger partial charge in [0.1, 0.15) is 10.7 Å². The van der Waals surface area contributed by atoms with E-state index in [1.54, 1.807) is 28.8 Å². The maximum Gasteiger partial charge on any atom is 0.269 e. The van der Waals surface area contributed by atoms with E-state index in [1.807, 2.05) is 73.5 Å². The second kappa shape index (κ2) is 12.5. The summed E-state index contributed by atoms with van der Waals surface area (Å²) in [6.07, 6.45) is 0.564. The second-order valence-corrected chi connectivity index (χ2v) is 11.1. The van der Waals surface area contributed by atoms with Gasteiger partial charge in [0.25, 0.3) is 5.91 Å². The molecule has 10 heteroatoms. The highest BCUT2D eigenvalue weighted by Crippen LogP contribution is 2.51. The highest BCUT2D eigenvalue weighted by Gasteiger charge is 2.39. The maximum atomic E-state index is 14.0. The van der Waals surface area contributed by atoms with Crippen LogP contribution in [-0.2, 0) is 11.3 Å². The van der Waals surface area contributed by atoms with Crippen molar-refractivity contribution in [2.45, 2.75) is 24.8 Å². The van der Waals surface area contributed by atoms with E-state index in [2.05, 4.69) is 11.4 Å². The number of nitrogens with one attached hydrogen (secondary N) is 1. The van der Waals surface area contributed by atoms with E-state index in [-0.39, 0.29) is 12.5 Å². The number of hydrogen-bond acceptors (Lipinski definition) is 9. The molecular weight excluding hydrogens is 542 g/mol. The molecule has 0 saturated carbocycles. The molecule has 5 rings (SSSR count). The minimum Gasteiger partial charge on any atom is -0.493 e. The first kappa shape index (κ1) is 27.6. The van der Waals surface area contributed by atoms with Crippen molar-refractivity contribution in [1.82, 2.24) is 4.90 Å². The fraction of sp³-hybridized carbons (Fsp3) is 0.233. The van der Waals surface area contributed by atoms with Gasteiger partial charge in [0.05, 0.1) is 46.9 Å². The Labute approximate surface area is 242 Å². The number of amides is 1. The lowest BCUT2D eigenvalue weighted by atomic mass is 10.2. The molecule has 0 aliphatic carbocycles. The standard InChI is InChI=1S/C30H29N5O3S2/c1-3-32-23-12-10-21(18-31)16-24(23)33-30-35(19-20-8-5-4-6-9-20)28(37)27(40-30)29-34(2)25-17-22(38-15-7-14-36)11-13-26(25)39-29/h4-6,8-13,16-17,32,36H,3,7,14-15,19H2,1-2H3. The molecule has 1 fully saturated rings. The lowest BCUT2D eigenvalue weighted by Crippen LogP contribution is -2.29. The number of fused-ring (bicyclic) bond motifs is 1. The quantitative estimate of drug-likeness (QED) is 0.241. The molecule has 2 aliphatic heterocycles. The molecule has 204 valence electrons. The van der Waals surface area contributed by atoms with Crippen molar-refractivity contribution in [3.63, 3.8) is 0 Å². The van der Waals surface area contributed by atoms with Crippen LogP contribution in [0.15, 0.2) is 86.6 Å². The van der Waals surface area contributed by atoms with Gasteiger partial charge in [-0.2, -0.15) is 5.26 Å². The van der Waals surface area contributed by atoms with E-state index in [1.165, 1.54) is 11.8 Å². The largest absolute Gasteiger partial charge is 0.493 e. The highest BCUT2D eigenvalue weighted by atomic mass is 32.2. The third kappa shape index (κ3) is 5.82. The molecular formula is C30H29N5O3S2. The highest BCUT2D eigenvalue weighted by molar-refractivity contribution is 8.19. The zero-order chi connectivity index (χ0) is 28.1. The van der Waals surface area contributed by atoms with Crippen LogP contribution < -0.4 is 15.0 Å². The van der Waals surface area contributed by atoms with E-state index in [9.17, 15) is 10.1 Å². The van der Waals surface area contributed by atoms with Gasteiger partial charge < -0.3 is 20.1 Å². The van der Waals surface area contributed by atoms with Gasteiger partial charge in [-0.3, -0.25) is 9.69 Å². The van der Waals surface area contributed by atoms with Crippen molar-refractivity contribution >= 4 is 51.7 Å². The molecule has 1 saturated heterocycles. The average molecular weight is 572 g/mol. The Hall–Kier alpha value is -3.91. The van der Waals surface area contributed by atoms with Gasteiger partial charge in [0.2, 0.25) is 0 Å². The monoisotopic (exact) mass is 571 g/mol. The minimum absolute atomic E-state index is 0.0798. The number of rotatable bonds is 9. The molecule has 2 aliphatic rings. The Morgan fingerprint density at radius 1 is 1.10 bits per heavy atom. The maximum absolute atomic E-state index is 14.0. The Morgan fingerprint density at radius 2 is 1.93 bits per heavy atom. The molecule has 2 N–H and O–H groups in total. The SMILES string of the molecule is CCNc1ccc(C#N)cc1N=C1SC(=C2Sc3ccc(OCCCO)cc3N2C)C(=O)N1Cc1ccccc1. The number of carbonyl (C=O) groups excluding carboxylic acids is 1. The van der Waals surface area contributed by atoms with Gasteiger partial charge in [-0.05, 0) is 54.6 Å². The lowest BCUT2D eigenvalue weighted by molar-refractivity contribution is -0.122. The summed E-state index contributed by atoms with van der Waals surface area (Å²) in [4.78, 5) is 24.3. The van der Waals surface area contributed by atoms with Gasteiger partial charge in [-0.25, -0.2) is 4.99 Å². The van der Waals surface area contributed by atoms with Gasteiger partial charge >= 0.3 is 0 Å². The molecule has 0 bridgehead atoms. The molecule has 1 amide bonds. The number of nitriles is 1. The summed E-state index contributed by atoms with van der Waals surface area (Å²) >= 11 is 2.90. The molecule has 0 unspecified atom stereocenters. The van der Waals surface area contributed by atoms with Crippen LogP contribution in [0.4, 0.5) is 17.1 Å². The smallest absolute Gasteiger partial charge is 0.269 e. The normalized spacial score (nSPS) is 17.4. The molecule has 0 radical (unpaired) electrons. The summed E-state index contributed by atoms with van der Waals surface area (Å²) in [5.74, 6) is 0.605. The Kier molecular flexibility index (Phi) is 8.65. The fourth-order valence-electron chi connectivity index (χ4n) is 4.33. The minimum atomic E-state index is -0.115. The Balaban J connectivity index is 1.53. The summed E-state index contributed by atoms with van der Waals surface area (Å²) in [5.41, 5.74) is 3.87. The van der Waals surface area contributed by atoms with Gasteiger partial charge in [-0.15, -0.1) is 0 Å². The van der Waals surface area contributed by atoms with E-state index in [0.717, 1.165) is 32.6 Å². The van der Waals surface area contributed by atoms with Gasteiger partial charge in [0.15, 0.2) is 5.17 Å². The fourth-order valence-corrected chi connectivity index (χ4v) is 6.65. The molecule has 3 aromatic rings. The molecule has 2 heterocycles. The van der Waals surface area contributed by atoms with Crippen LogP contribution in [0.3, 0.4) is 0 Å². The van der Waals surface area contributed by atoms with Crippen molar-refractivity contribution in [2.24, 2.45) is 4.99 Å². The van der Waals surface area contributed by atoms with Crippen LogP contribution in [0.5, 0.6) is 5.75 Å². The topological polar surface area (TPSA) is 101 Å². The van der Waals surface area contributed by atoms with E-state index >= 15 is 0 Å². The van der Waals surface area contributed by atoms with Crippen LogP contribution in [0.1, 0.15) is 24.5 Å². The molecule has 8 nitrogen and oxygen atoms in total. The summed E-state index contributed by atoms with van der Waals surface area (Å²) in [6, 6.07) is 23.2. The van der Waals surface area contributed by atoms with Crippen molar-refractivity contribution in [1.29, 1.82) is 5.26 Å². The van der Waals surface area contributed by atoms with Crippen molar-refractivity contribution in [3.8, 4) is 11.8 Å². The zero-order valence-electron chi connectivity index (χ0n) is 22.3. The molecule has 3 aromatic carbocycles. The first-order valence-corrected chi connectivity index (χ1v) is 14.6. The predicted octanol–water partition coefficient (Wildman–Crippen LogP) is 5.93. The second-order valence-electron chi connectivity index (χ2n) is 9.10. The van der Waals surface area contributed by atoms with Crippen molar-refractivity contribution in [2.75, 3.05) is 37.0 Å². The van der Waals surface area contributed by atoms with Crippen molar-refractivity contribution < 1.29 is 14.6 Å². The van der Waals surface area contributed by atoms with Crippen LogP contribution in [0, 0.1) is 11.3 Å². The predicted molar refractivity (Wildman–Crippen MR) is 162 cm³/mol. The zero-order valence-corrected chi connectivity index (χ0v) is 23.9. The average Bonchev–Trinajstić information content (AvgIpc) is 3.45. The molecule has 0 atom stereocenters. The van der Waals surface area contributed by atoms with Gasteiger partial charge in [-0.1, -0.05) is 42.1 Å². The van der Waals surface area contributed by atoms with E-state index < -0.39 is 0 Å². The summed E-state index contributed by atoms with van der Waals surface area (Å²) < 4.78 is 5.78. The first-order valence-electron chi connectivity index (χ1n) is 13.0. The molecule has 0 aromatic heterocycles. The molecule has 0 spiro atoms. The third-order valence-corrected chi connectivity index (χ3v) is 8.76. The number of carbonyl (C=O) groups is 1. The van der Waals surface area contributed by atoms with E-state index in [0.29, 0.717) is 47.4 Å². The number of ether oxygens (including phenoxy) is 1. The number of benzene rings is 3. The Bertz CT molecular complexity index is 1520. The van der Waals surface area contributed by atoms with E-state index in [4.69, 9.17) is 14.8 Å².